The summed E-state index contributed by atoms with van der Waals surface area (Å²) < 4.78 is 69.1. The smallest absolute Gasteiger partial charge is 0.492 e. The van der Waals surface area contributed by atoms with Crippen LogP contribution >= 0.6 is 0 Å². The highest BCUT2D eigenvalue weighted by Gasteiger charge is 2.29. The number of pyridine rings is 1. The van der Waals surface area contributed by atoms with Gasteiger partial charge in [-0.1, -0.05) is 11.5 Å². The summed E-state index contributed by atoms with van der Waals surface area (Å²) in [6, 6.07) is 3.05. The molecule has 0 bridgehead atoms. The van der Waals surface area contributed by atoms with E-state index in [9.17, 15) is 21.7 Å². The maximum absolute atomic E-state index is 13.0. The Morgan fingerprint density at radius 3 is 2.40 bits per heavy atom. The van der Waals surface area contributed by atoms with Gasteiger partial charge in [0.05, 0.1) is 11.9 Å². The van der Waals surface area contributed by atoms with Gasteiger partial charge in [-0.25, -0.2) is 8.78 Å². The van der Waals surface area contributed by atoms with Crippen molar-refractivity contribution >= 4 is 12.4 Å². The molecule has 106 valence electrons. The lowest BCUT2D eigenvalue weighted by Crippen LogP contribution is -2.35. The first-order valence-electron chi connectivity index (χ1n) is 5.58. The summed E-state index contributed by atoms with van der Waals surface area (Å²) in [4.78, 5) is 3.54. The Morgan fingerprint density at radius 1 is 1.00 bits per heavy atom. The van der Waals surface area contributed by atoms with Crippen LogP contribution in [-0.2, 0) is 6.61 Å². The number of halogens is 5. The molecular formula is C12H8BF5NO-. The van der Waals surface area contributed by atoms with Gasteiger partial charge >= 0.3 is 6.98 Å². The number of hydrogen-bond donors (Lipinski definition) is 0. The van der Waals surface area contributed by atoms with Gasteiger partial charge in [-0.15, -0.1) is 0 Å². The molecule has 1 aromatic heterocycles. The summed E-state index contributed by atoms with van der Waals surface area (Å²) in [5.41, 5.74) is -0.786. The van der Waals surface area contributed by atoms with Gasteiger partial charge in [-0.3, -0.25) is 4.98 Å². The predicted molar refractivity (Wildman–Crippen MR) is 63.6 cm³/mol. The summed E-state index contributed by atoms with van der Waals surface area (Å²) in [6.07, 6.45) is 2.21. The zero-order valence-corrected chi connectivity index (χ0v) is 9.99. The van der Waals surface area contributed by atoms with E-state index >= 15 is 0 Å². The molecule has 0 aliphatic heterocycles. The van der Waals surface area contributed by atoms with E-state index < -0.39 is 29.8 Å². The lowest BCUT2D eigenvalue weighted by Gasteiger charge is -2.19. The maximum atomic E-state index is 13.0. The van der Waals surface area contributed by atoms with Gasteiger partial charge in [-0.05, 0) is 12.1 Å². The van der Waals surface area contributed by atoms with Crippen LogP contribution in [0.25, 0.3) is 0 Å². The summed E-state index contributed by atoms with van der Waals surface area (Å²) in [5, 5.41) is 0. The van der Waals surface area contributed by atoms with E-state index in [-0.39, 0.29) is 12.2 Å². The molecule has 1 heterocycles. The van der Waals surface area contributed by atoms with Crippen molar-refractivity contribution < 1.29 is 26.5 Å². The fraction of sp³-hybridized carbons (Fsp3) is 0.0833. The van der Waals surface area contributed by atoms with Crippen LogP contribution in [0.4, 0.5) is 21.7 Å². The van der Waals surface area contributed by atoms with Gasteiger partial charge in [-0.2, -0.15) is 0 Å². The zero-order chi connectivity index (χ0) is 14.8. The van der Waals surface area contributed by atoms with Crippen molar-refractivity contribution in [2.45, 2.75) is 6.61 Å². The second-order valence-corrected chi connectivity index (χ2v) is 4.06. The van der Waals surface area contributed by atoms with Gasteiger partial charge in [0.15, 0.2) is 0 Å². The van der Waals surface area contributed by atoms with Crippen LogP contribution < -0.4 is 10.2 Å². The Hall–Kier alpha value is -2.12. The largest absolute Gasteiger partial charge is 0.513 e. The molecule has 0 N–H and O–H groups in total. The van der Waals surface area contributed by atoms with Gasteiger partial charge in [0.25, 0.3) is 0 Å². The molecule has 0 saturated carbocycles. The van der Waals surface area contributed by atoms with E-state index in [1.165, 1.54) is 6.20 Å². The topological polar surface area (TPSA) is 22.1 Å². The molecule has 0 radical (unpaired) electrons. The number of rotatable bonds is 4. The van der Waals surface area contributed by atoms with Crippen LogP contribution in [0.1, 0.15) is 5.56 Å². The van der Waals surface area contributed by atoms with Crippen molar-refractivity contribution in [2.24, 2.45) is 0 Å². The molecular weight excluding hydrogens is 280 g/mol. The van der Waals surface area contributed by atoms with Crippen molar-refractivity contribution in [1.29, 1.82) is 0 Å². The number of aromatic nitrogens is 1. The molecule has 0 saturated heterocycles. The average molecular weight is 288 g/mol. The molecule has 2 aromatic rings. The number of benzene rings is 1. The molecule has 0 spiro atoms. The molecule has 0 aliphatic carbocycles. The molecule has 2 nitrogen and oxygen atoms in total. The molecule has 0 fully saturated rings. The third-order valence-electron chi connectivity index (χ3n) is 2.48. The Balaban J connectivity index is 2.22. The minimum absolute atomic E-state index is 0.245. The van der Waals surface area contributed by atoms with Crippen molar-refractivity contribution in [3.05, 3.63) is 53.9 Å². The van der Waals surface area contributed by atoms with Crippen LogP contribution in [0, 0.1) is 11.6 Å². The lowest BCUT2D eigenvalue weighted by molar-refractivity contribution is 0.304. The van der Waals surface area contributed by atoms with Crippen LogP contribution in [0.2, 0.25) is 0 Å². The highest BCUT2D eigenvalue weighted by molar-refractivity contribution is 6.74. The van der Waals surface area contributed by atoms with E-state index in [2.05, 4.69) is 4.98 Å². The van der Waals surface area contributed by atoms with Gasteiger partial charge < -0.3 is 17.7 Å². The molecule has 8 heteroatoms. The molecule has 0 amide bonds. The zero-order valence-electron chi connectivity index (χ0n) is 9.99. The number of hydrogen-bond acceptors (Lipinski definition) is 2. The third kappa shape index (κ3) is 3.46. The van der Waals surface area contributed by atoms with E-state index in [0.29, 0.717) is 18.2 Å². The summed E-state index contributed by atoms with van der Waals surface area (Å²) in [6.45, 7) is -5.66. The molecule has 0 unspecified atom stereocenters. The number of nitrogens with zero attached hydrogens (tertiary/aromatic N) is 1. The average Bonchev–Trinajstić information content (AvgIpc) is 2.35. The summed E-state index contributed by atoms with van der Waals surface area (Å²) in [7, 11) is 0. The fourth-order valence-electron chi connectivity index (χ4n) is 1.60. The Morgan fingerprint density at radius 2 is 1.75 bits per heavy atom. The van der Waals surface area contributed by atoms with E-state index in [0.717, 1.165) is 12.3 Å². The second kappa shape index (κ2) is 5.48. The highest BCUT2D eigenvalue weighted by Crippen LogP contribution is 2.20. The minimum Gasteiger partial charge on any atom is -0.492 e. The van der Waals surface area contributed by atoms with Crippen LogP contribution in [0.15, 0.2) is 36.7 Å². The van der Waals surface area contributed by atoms with E-state index in [1.54, 1.807) is 0 Å². The van der Waals surface area contributed by atoms with Crippen molar-refractivity contribution in [2.75, 3.05) is 0 Å². The van der Waals surface area contributed by atoms with Crippen LogP contribution in [-0.4, -0.2) is 12.0 Å². The van der Waals surface area contributed by atoms with E-state index in [1.807, 2.05) is 0 Å². The first-order chi connectivity index (χ1) is 9.36. The number of ether oxygens (including phenoxy) is 1. The molecule has 20 heavy (non-hydrogen) atoms. The normalized spacial score (nSPS) is 11.4. The Bertz CT molecular complexity index is 617. The molecule has 0 aliphatic rings. The van der Waals surface area contributed by atoms with Crippen LogP contribution in [0.3, 0.4) is 0 Å². The first-order valence-corrected chi connectivity index (χ1v) is 5.58. The molecule has 1 aromatic carbocycles. The quantitative estimate of drug-likeness (QED) is 0.637. The minimum atomic E-state index is -5.32. The standard InChI is InChI=1S/C12H8BF5NO/c14-9-1-2-11(13(16,17)18)12(4-9)20-7-8-3-10(15)6-19-5-8/h1-6H,7H2/q-1. The highest BCUT2D eigenvalue weighted by atomic mass is 19.4. The lowest BCUT2D eigenvalue weighted by atomic mass is 9.79. The van der Waals surface area contributed by atoms with Crippen LogP contribution in [0.5, 0.6) is 5.75 Å². The maximum Gasteiger partial charge on any atom is 0.513 e. The summed E-state index contributed by atoms with van der Waals surface area (Å²) >= 11 is 0. The van der Waals surface area contributed by atoms with Crippen molar-refractivity contribution in [1.82, 2.24) is 4.98 Å². The van der Waals surface area contributed by atoms with Gasteiger partial charge in [0.2, 0.25) is 0 Å². The second-order valence-electron chi connectivity index (χ2n) is 4.06. The third-order valence-corrected chi connectivity index (χ3v) is 2.48. The predicted octanol–water partition coefficient (Wildman–Crippen LogP) is 2.99. The van der Waals surface area contributed by atoms with Crippen molar-refractivity contribution in [3.8, 4) is 5.75 Å². The Kier molecular flexibility index (Phi) is 3.92. The fourth-order valence-corrected chi connectivity index (χ4v) is 1.60. The Labute approximate surface area is 111 Å². The van der Waals surface area contributed by atoms with Gasteiger partial charge in [0, 0.05) is 17.8 Å². The molecule has 2 rings (SSSR count). The monoisotopic (exact) mass is 288 g/mol. The molecule has 0 atom stereocenters. The first kappa shape index (κ1) is 14.3. The SMILES string of the molecule is Fc1cncc(COc2cc(F)ccc2[B-](F)(F)F)c1. The van der Waals surface area contributed by atoms with Gasteiger partial charge in [0.1, 0.15) is 18.2 Å². The van der Waals surface area contributed by atoms with E-state index in [4.69, 9.17) is 4.74 Å². The summed E-state index contributed by atoms with van der Waals surface area (Å²) in [5.74, 6) is -2.10. The van der Waals surface area contributed by atoms with Crippen molar-refractivity contribution in [3.63, 3.8) is 0 Å².